The van der Waals surface area contributed by atoms with E-state index in [1.165, 1.54) is 0 Å². The minimum atomic E-state index is -0.981. The van der Waals surface area contributed by atoms with Crippen molar-refractivity contribution in [1.82, 2.24) is 10.6 Å². The molecule has 2 aromatic rings. The Bertz CT molecular complexity index is 901. The second-order valence-corrected chi connectivity index (χ2v) is 7.42. The smallest absolute Gasteiger partial charge is 0.254 e. The number of nitrogens with one attached hydrogen (secondary N) is 2. The highest BCUT2D eigenvalue weighted by atomic mass is 35.5. The topological polar surface area (TPSA) is 67.4 Å². The Morgan fingerprint density at radius 3 is 2.52 bits per heavy atom. The van der Waals surface area contributed by atoms with Crippen LogP contribution >= 0.6 is 11.6 Å². The molecule has 2 aromatic carbocycles. The summed E-state index contributed by atoms with van der Waals surface area (Å²) in [5.41, 5.74) is 0.386. The van der Waals surface area contributed by atoms with Gasteiger partial charge >= 0.3 is 0 Å². The van der Waals surface area contributed by atoms with E-state index in [1.54, 1.807) is 6.07 Å². The average Bonchev–Trinajstić information content (AvgIpc) is 2.71. The number of hydrogen-bond acceptors (Lipinski definition) is 3. The van der Waals surface area contributed by atoms with Crippen molar-refractivity contribution in [3.63, 3.8) is 0 Å². The van der Waals surface area contributed by atoms with Gasteiger partial charge in [-0.1, -0.05) is 23.7 Å². The van der Waals surface area contributed by atoms with Crippen LogP contribution in [0.4, 0.5) is 8.78 Å². The van der Waals surface area contributed by atoms with E-state index in [2.05, 4.69) is 10.6 Å². The van der Waals surface area contributed by atoms with Crippen LogP contribution in [-0.4, -0.2) is 38.1 Å². The lowest BCUT2D eigenvalue weighted by molar-refractivity contribution is -0.120. The SMILES string of the molecule is O=C(CNC(=O)c1ccc(F)cc1F)NCC1(c2cccc(Cl)c2)CCOCC1. The van der Waals surface area contributed by atoms with E-state index in [-0.39, 0.29) is 17.5 Å². The number of halogens is 3. The molecule has 1 saturated heterocycles. The molecule has 5 nitrogen and oxygen atoms in total. The van der Waals surface area contributed by atoms with Crippen molar-refractivity contribution in [1.29, 1.82) is 0 Å². The van der Waals surface area contributed by atoms with Crippen molar-refractivity contribution >= 4 is 23.4 Å². The summed E-state index contributed by atoms with van der Waals surface area (Å²) in [6.07, 6.45) is 1.45. The Balaban J connectivity index is 1.60. The first kappa shape index (κ1) is 21.2. The standard InChI is InChI=1S/C21H21ClF2N2O3/c22-15-3-1-2-14(10-15)21(6-8-29-9-7-21)13-26-19(27)12-25-20(28)17-5-4-16(23)11-18(17)24/h1-5,10-11H,6-9,12-13H2,(H,25,28)(H,26,27). The summed E-state index contributed by atoms with van der Waals surface area (Å²) in [5, 5.41) is 5.80. The van der Waals surface area contributed by atoms with Gasteiger partial charge in [0.1, 0.15) is 11.6 Å². The van der Waals surface area contributed by atoms with Crippen LogP contribution in [0.5, 0.6) is 0 Å². The van der Waals surface area contributed by atoms with Crippen molar-refractivity contribution in [2.75, 3.05) is 26.3 Å². The Morgan fingerprint density at radius 2 is 1.83 bits per heavy atom. The first-order chi connectivity index (χ1) is 13.9. The predicted octanol–water partition coefficient (Wildman–Crippen LogP) is 3.21. The molecule has 1 aliphatic rings. The van der Waals surface area contributed by atoms with E-state index in [4.69, 9.17) is 16.3 Å². The van der Waals surface area contributed by atoms with Crippen LogP contribution in [0.2, 0.25) is 5.02 Å². The Kier molecular flexibility index (Phi) is 6.82. The summed E-state index contributed by atoms with van der Waals surface area (Å²) < 4.78 is 32.1. The van der Waals surface area contributed by atoms with Crippen LogP contribution in [-0.2, 0) is 14.9 Å². The third kappa shape index (κ3) is 5.31. The van der Waals surface area contributed by atoms with E-state index in [0.29, 0.717) is 30.8 Å². The fourth-order valence-electron chi connectivity index (χ4n) is 3.41. The minimum absolute atomic E-state index is 0.314. The van der Waals surface area contributed by atoms with Gasteiger partial charge in [-0.25, -0.2) is 8.78 Å². The molecule has 1 fully saturated rings. The zero-order valence-corrected chi connectivity index (χ0v) is 16.4. The first-order valence-electron chi connectivity index (χ1n) is 9.23. The van der Waals surface area contributed by atoms with Crippen molar-refractivity contribution in [3.8, 4) is 0 Å². The van der Waals surface area contributed by atoms with Gasteiger partial charge in [0.05, 0.1) is 12.1 Å². The van der Waals surface area contributed by atoms with Gasteiger partial charge in [-0.2, -0.15) is 0 Å². The number of carbonyl (C=O) groups excluding carboxylic acids is 2. The molecular weight excluding hydrogens is 402 g/mol. The van der Waals surface area contributed by atoms with E-state index in [1.807, 2.05) is 18.2 Å². The molecule has 0 saturated carbocycles. The number of hydrogen-bond donors (Lipinski definition) is 2. The number of rotatable bonds is 6. The molecule has 0 aliphatic carbocycles. The molecule has 1 aliphatic heterocycles. The molecule has 0 atom stereocenters. The normalized spacial score (nSPS) is 15.6. The highest BCUT2D eigenvalue weighted by molar-refractivity contribution is 6.30. The van der Waals surface area contributed by atoms with Crippen LogP contribution in [0.25, 0.3) is 0 Å². The molecule has 1 heterocycles. The molecule has 2 amide bonds. The monoisotopic (exact) mass is 422 g/mol. The lowest BCUT2D eigenvalue weighted by atomic mass is 9.74. The van der Waals surface area contributed by atoms with E-state index >= 15 is 0 Å². The van der Waals surface area contributed by atoms with Gasteiger partial charge in [-0.3, -0.25) is 9.59 Å². The van der Waals surface area contributed by atoms with Gasteiger partial charge in [0.15, 0.2) is 0 Å². The van der Waals surface area contributed by atoms with Gasteiger partial charge in [-0.15, -0.1) is 0 Å². The van der Waals surface area contributed by atoms with Gasteiger partial charge in [0, 0.05) is 36.3 Å². The summed E-state index contributed by atoms with van der Waals surface area (Å²) in [6.45, 7) is 1.18. The molecule has 3 rings (SSSR count). The van der Waals surface area contributed by atoms with Crippen molar-refractivity contribution < 1.29 is 23.1 Å². The summed E-state index contributed by atoms with van der Waals surface area (Å²) in [6, 6.07) is 10.2. The molecule has 29 heavy (non-hydrogen) atoms. The van der Waals surface area contributed by atoms with Gasteiger partial charge in [-0.05, 0) is 42.7 Å². The number of ether oxygens (including phenoxy) is 1. The summed E-state index contributed by atoms with van der Waals surface area (Å²) in [4.78, 5) is 24.3. The van der Waals surface area contributed by atoms with Crippen LogP contribution in [0.3, 0.4) is 0 Å². The predicted molar refractivity (Wildman–Crippen MR) is 105 cm³/mol. The minimum Gasteiger partial charge on any atom is -0.381 e. The molecule has 0 unspecified atom stereocenters. The molecule has 2 N–H and O–H groups in total. The largest absolute Gasteiger partial charge is 0.381 e. The lowest BCUT2D eigenvalue weighted by Gasteiger charge is -2.38. The average molecular weight is 423 g/mol. The van der Waals surface area contributed by atoms with Gasteiger partial charge in [0.25, 0.3) is 5.91 Å². The second kappa shape index (κ2) is 9.33. The van der Waals surface area contributed by atoms with E-state index < -0.39 is 23.4 Å². The summed E-state index contributed by atoms with van der Waals surface area (Å²) >= 11 is 6.13. The molecule has 0 spiro atoms. The molecule has 0 radical (unpaired) electrons. The lowest BCUT2D eigenvalue weighted by Crippen LogP contribution is -2.47. The fraction of sp³-hybridized carbons (Fsp3) is 0.333. The Labute approximate surface area is 172 Å². The van der Waals surface area contributed by atoms with Crippen LogP contribution in [0, 0.1) is 11.6 Å². The van der Waals surface area contributed by atoms with Crippen molar-refractivity contribution in [2.45, 2.75) is 18.3 Å². The second-order valence-electron chi connectivity index (χ2n) is 6.99. The molecular formula is C21H21ClF2N2O3. The molecule has 0 bridgehead atoms. The summed E-state index contributed by atoms with van der Waals surface area (Å²) in [7, 11) is 0. The van der Waals surface area contributed by atoms with Crippen LogP contribution in [0.1, 0.15) is 28.8 Å². The first-order valence-corrected chi connectivity index (χ1v) is 9.61. The van der Waals surface area contributed by atoms with Crippen LogP contribution in [0.15, 0.2) is 42.5 Å². The van der Waals surface area contributed by atoms with Gasteiger partial charge < -0.3 is 15.4 Å². The maximum Gasteiger partial charge on any atom is 0.254 e. The van der Waals surface area contributed by atoms with E-state index in [0.717, 1.165) is 30.5 Å². The third-order valence-corrected chi connectivity index (χ3v) is 5.33. The maximum absolute atomic E-state index is 13.7. The maximum atomic E-state index is 13.7. The number of amides is 2. The molecule has 154 valence electrons. The zero-order valence-electron chi connectivity index (χ0n) is 15.6. The highest BCUT2D eigenvalue weighted by Crippen LogP contribution is 2.35. The third-order valence-electron chi connectivity index (χ3n) is 5.10. The Hall–Kier alpha value is -2.51. The number of benzene rings is 2. The van der Waals surface area contributed by atoms with Crippen molar-refractivity contribution in [3.05, 3.63) is 70.2 Å². The number of carbonyl (C=O) groups is 2. The van der Waals surface area contributed by atoms with Crippen LogP contribution < -0.4 is 10.6 Å². The van der Waals surface area contributed by atoms with Gasteiger partial charge in [0.2, 0.25) is 5.91 Å². The highest BCUT2D eigenvalue weighted by Gasteiger charge is 2.35. The van der Waals surface area contributed by atoms with Crippen molar-refractivity contribution in [2.24, 2.45) is 0 Å². The summed E-state index contributed by atoms with van der Waals surface area (Å²) in [5.74, 6) is -2.95. The Morgan fingerprint density at radius 1 is 1.07 bits per heavy atom. The van der Waals surface area contributed by atoms with E-state index in [9.17, 15) is 18.4 Å². The fourth-order valence-corrected chi connectivity index (χ4v) is 3.60. The molecule has 0 aromatic heterocycles. The zero-order chi connectivity index (χ0) is 20.9. The molecule has 8 heteroatoms. The quantitative estimate of drug-likeness (QED) is 0.751.